The highest BCUT2D eigenvalue weighted by Crippen LogP contribution is 2.40. The summed E-state index contributed by atoms with van der Waals surface area (Å²) in [7, 11) is 0.566. The van der Waals surface area contributed by atoms with Gasteiger partial charge in [-0.1, -0.05) is 0 Å². The molecule has 2 heterocycles. The zero-order chi connectivity index (χ0) is 15.7. The van der Waals surface area contributed by atoms with Gasteiger partial charge in [-0.2, -0.15) is 5.10 Å². The van der Waals surface area contributed by atoms with Gasteiger partial charge in [-0.15, -0.1) is 0 Å². The molecule has 9 heteroatoms. The Kier molecular flexibility index (Phi) is 3.64. The molecule has 2 aromatic rings. The molecule has 0 radical (unpaired) electrons. The number of hydrogen-bond donors (Lipinski definition) is 2. The van der Waals surface area contributed by atoms with E-state index in [-0.39, 0.29) is 35.9 Å². The molecule has 0 spiro atoms. The van der Waals surface area contributed by atoms with Gasteiger partial charge >= 0.3 is 13.1 Å². The van der Waals surface area contributed by atoms with Crippen molar-refractivity contribution < 1.29 is 29.1 Å². The van der Waals surface area contributed by atoms with Crippen LogP contribution in [0.1, 0.15) is 15.9 Å². The smallest absolute Gasteiger partial charge is 0.531 e. The van der Waals surface area contributed by atoms with Crippen LogP contribution < -0.4 is 14.1 Å². The second-order valence-corrected chi connectivity index (χ2v) is 4.77. The van der Waals surface area contributed by atoms with Gasteiger partial charge in [-0.25, -0.2) is 4.79 Å². The average Bonchev–Trinajstić information content (AvgIpc) is 2.89. The van der Waals surface area contributed by atoms with Gasteiger partial charge in [-0.05, 0) is 12.1 Å². The van der Waals surface area contributed by atoms with Gasteiger partial charge in [-0.3, -0.25) is 4.68 Å². The Hall–Kier alpha value is -2.68. The Morgan fingerprint density at radius 3 is 3.05 bits per heavy atom. The molecule has 8 nitrogen and oxygen atoms in total. The highest BCUT2D eigenvalue weighted by Gasteiger charge is 2.31. The maximum atomic E-state index is 11.5. The molecule has 0 saturated heterocycles. The number of carboxylic acids is 1. The van der Waals surface area contributed by atoms with Crippen molar-refractivity contribution in [3.8, 4) is 17.2 Å². The minimum atomic E-state index is -1.23. The van der Waals surface area contributed by atoms with Crippen LogP contribution in [0, 0.1) is 0 Å². The highest BCUT2D eigenvalue weighted by atomic mass is 16.6. The SMILES string of the molecule is Cn1cc(COc2ccc3c(c2C(=O)O)OB(O)CO3)cn1. The fourth-order valence-corrected chi connectivity index (χ4v) is 2.14. The molecule has 1 aromatic carbocycles. The van der Waals surface area contributed by atoms with Gasteiger partial charge in [0.25, 0.3) is 0 Å². The molecule has 3 rings (SSSR count). The Bertz CT molecular complexity index is 717. The molecule has 114 valence electrons. The van der Waals surface area contributed by atoms with Crippen LogP contribution in [0.5, 0.6) is 17.2 Å². The number of carboxylic acid groups (broad SMARTS) is 1. The summed E-state index contributed by atoms with van der Waals surface area (Å²) in [6.07, 6.45) is 3.39. The first-order chi connectivity index (χ1) is 10.5. The molecule has 0 fully saturated rings. The van der Waals surface area contributed by atoms with Gasteiger partial charge in [0.15, 0.2) is 11.5 Å². The third-order valence-corrected chi connectivity index (χ3v) is 3.09. The van der Waals surface area contributed by atoms with E-state index in [2.05, 4.69) is 5.10 Å². The standard InChI is InChI=1S/C13H13BN2O6/c1-16-5-8(4-15-16)6-20-9-2-3-10-12(11(9)13(17)18)22-14(19)7-21-10/h2-5,19H,6-7H2,1H3,(H,17,18). The molecule has 22 heavy (non-hydrogen) atoms. The van der Waals surface area contributed by atoms with Crippen molar-refractivity contribution in [1.82, 2.24) is 9.78 Å². The molecule has 0 amide bonds. The van der Waals surface area contributed by atoms with E-state index in [9.17, 15) is 14.9 Å². The first kappa shape index (κ1) is 14.3. The van der Waals surface area contributed by atoms with Crippen molar-refractivity contribution in [1.29, 1.82) is 0 Å². The summed E-state index contributed by atoms with van der Waals surface area (Å²) < 4.78 is 17.6. The van der Waals surface area contributed by atoms with Gasteiger partial charge in [0.2, 0.25) is 0 Å². The van der Waals surface area contributed by atoms with Crippen LogP contribution in [0.4, 0.5) is 0 Å². The van der Waals surface area contributed by atoms with Crippen molar-refractivity contribution in [2.75, 3.05) is 6.51 Å². The highest BCUT2D eigenvalue weighted by molar-refractivity contribution is 6.44. The first-order valence-electron chi connectivity index (χ1n) is 6.52. The topological polar surface area (TPSA) is 103 Å². The summed E-state index contributed by atoms with van der Waals surface area (Å²) >= 11 is 0. The molecule has 0 unspecified atom stereocenters. The first-order valence-corrected chi connectivity index (χ1v) is 6.52. The van der Waals surface area contributed by atoms with Crippen LogP contribution >= 0.6 is 0 Å². The van der Waals surface area contributed by atoms with E-state index >= 15 is 0 Å². The van der Waals surface area contributed by atoms with Gasteiger partial charge in [0.1, 0.15) is 24.4 Å². The van der Waals surface area contributed by atoms with Crippen LogP contribution in [0.25, 0.3) is 0 Å². The number of aromatic carboxylic acids is 1. The zero-order valence-corrected chi connectivity index (χ0v) is 11.7. The molecule has 0 atom stereocenters. The van der Waals surface area contributed by atoms with Gasteiger partial charge in [0, 0.05) is 18.8 Å². The van der Waals surface area contributed by atoms with Gasteiger partial charge in [0.05, 0.1) is 6.20 Å². The predicted molar refractivity (Wildman–Crippen MR) is 75.0 cm³/mol. The molecular formula is C13H13BN2O6. The van der Waals surface area contributed by atoms with Crippen molar-refractivity contribution in [3.63, 3.8) is 0 Å². The Labute approximate surface area is 126 Å². The van der Waals surface area contributed by atoms with E-state index in [4.69, 9.17) is 14.1 Å². The Balaban J connectivity index is 1.90. The normalized spacial score (nSPS) is 13.1. The molecule has 0 bridgehead atoms. The summed E-state index contributed by atoms with van der Waals surface area (Å²) in [5.74, 6) is -0.866. The lowest BCUT2D eigenvalue weighted by Gasteiger charge is -2.23. The lowest BCUT2D eigenvalue weighted by atomic mass is 9.91. The van der Waals surface area contributed by atoms with Crippen LogP contribution in [0.15, 0.2) is 24.5 Å². The summed E-state index contributed by atoms with van der Waals surface area (Å²) in [6.45, 7) is 0.109. The number of benzene rings is 1. The number of fused-ring (bicyclic) bond motifs is 1. The number of aryl methyl sites for hydroxylation is 1. The van der Waals surface area contributed by atoms with E-state index < -0.39 is 13.1 Å². The lowest BCUT2D eigenvalue weighted by molar-refractivity contribution is 0.0687. The maximum Gasteiger partial charge on any atom is 0.563 e. The summed E-state index contributed by atoms with van der Waals surface area (Å²) in [5, 5.41) is 22.9. The molecule has 1 aliphatic rings. The average molecular weight is 304 g/mol. The quantitative estimate of drug-likeness (QED) is 0.792. The van der Waals surface area contributed by atoms with E-state index in [1.165, 1.54) is 6.07 Å². The van der Waals surface area contributed by atoms with E-state index in [1.54, 1.807) is 30.2 Å². The van der Waals surface area contributed by atoms with Gasteiger partial charge < -0.3 is 24.3 Å². The molecule has 1 aromatic heterocycles. The van der Waals surface area contributed by atoms with Crippen molar-refractivity contribution in [3.05, 3.63) is 35.7 Å². The number of carbonyl (C=O) groups is 1. The summed E-state index contributed by atoms with van der Waals surface area (Å²) in [4.78, 5) is 11.5. The number of rotatable bonds is 4. The molecule has 1 aliphatic heterocycles. The lowest BCUT2D eigenvalue weighted by Crippen LogP contribution is -2.34. The van der Waals surface area contributed by atoms with E-state index in [0.29, 0.717) is 0 Å². The van der Waals surface area contributed by atoms with Crippen molar-refractivity contribution in [2.45, 2.75) is 6.61 Å². The second-order valence-electron chi connectivity index (χ2n) is 4.77. The van der Waals surface area contributed by atoms with Crippen LogP contribution in [-0.4, -0.2) is 39.5 Å². The third kappa shape index (κ3) is 2.70. The molecular weight excluding hydrogens is 291 g/mol. The minimum absolute atomic E-state index is 0.0325. The third-order valence-electron chi connectivity index (χ3n) is 3.09. The zero-order valence-electron chi connectivity index (χ0n) is 11.7. The minimum Gasteiger partial charge on any atom is -0.531 e. The van der Waals surface area contributed by atoms with Crippen molar-refractivity contribution >= 4 is 13.1 Å². The van der Waals surface area contributed by atoms with Crippen LogP contribution in [0.2, 0.25) is 0 Å². The predicted octanol–water partition coefficient (Wildman–Crippen LogP) is 0.488. The fourth-order valence-electron chi connectivity index (χ4n) is 2.14. The molecule has 0 saturated carbocycles. The number of aromatic nitrogens is 2. The fraction of sp³-hybridized carbons (Fsp3) is 0.231. The van der Waals surface area contributed by atoms with E-state index in [1.807, 2.05) is 0 Å². The van der Waals surface area contributed by atoms with Crippen LogP contribution in [0.3, 0.4) is 0 Å². The van der Waals surface area contributed by atoms with Crippen molar-refractivity contribution in [2.24, 2.45) is 7.05 Å². The largest absolute Gasteiger partial charge is 0.563 e. The Morgan fingerprint density at radius 2 is 2.36 bits per heavy atom. The Morgan fingerprint density at radius 1 is 1.55 bits per heavy atom. The molecule has 2 N–H and O–H groups in total. The van der Waals surface area contributed by atoms with E-state index in [0.717, 1.165) is 5.56 Å². The summed E-state index contributed by atoms with van der Waals surface area (Å²) in [6, 6.07) is 3.05. The monoisotopic (exact) mass is 304 g/mol. The maximum absolute atomic E-state index is 11.5. The van der Waals surface area contributed by atoms with Crippen LogP contribution in [-0.2, 0) is 13.7 Å². The molecule has 0 aliphatic carbocycles. The number of ether oxygens (including phenoxy) is 2. The number of hydrogen-bond acceptors (Lipinski definition) is 6. The second kappa shape index (κ2) is 5.61. The number of nitrogens with zero attached hydrogens (tertiary/aromatic N) is 2. The summed E-state index contributed by atoms with van der Waals surface area (Å²) in [5.41, 5.74) is 0.619.